The predicted molar refractivity (Wildman–Crippen MR) is 38.8 cm³/mol. The van der Waals surface area contributed by atoms with Gasteiger partial charge >= 0.3 is 0 Å². The Morgan fingerprint density at radius 1 is 1.40 bits per heavy atom. The van der Waals surface area contributed by atoms with Crippen LogP contribution in [0.1, 0.15) is 32.6 Å². The van der Waals surface area contributed by atoms with E-state index in [1.807, 2.05) is 0 Å². The van der Waals surface area contributed by atoms with Crippen molar-refractivity contribution in [2.75, 3.05) is 7.11 Å². The maximum atomic E-state index is 12.6. The molecule has 0 aromatic carbocycles. The lowest BCUT2D eigenvalue weighted by Gasteiger charge is -2.33. The van der Waals surface area contributed by atoms with Crippen molar-refractivity contribution in [1.82, 2.24) is 0 Å². The fourth-order valence-corrected chi connectivity index (χ4v) is 1.40. The van der Waals surface area contributed by atoms with E-state index in [0.29, 0.717) is 12.8 Å². The molecule has 0 aromatic heterocycles. The van der Waals surface area contributed by atoms with Crippen LogP contribution in [-0.2, 0) is 4.74 Å². The van der Waals surface area contributed by atoms with Crippen molar-refractivity contribution in [2.24, 2.45) is 0 Å². The van der Waals surface area contributed by atoms with Crippen LogP contribution in [0.25, 0.3) is 0 Å². The topological polar surface area (TPSA) is 9.23 Å². The molecule has 1 fully saturated rings. The van der Waals surface area contributed by atoms with Crippen LogP contribution in [0.3, 0.4) is 0 Å². The smallest absolute Gasteiger partial charge is 0.100 e. The summed E-state index contributed by atoms with van der Waals surface area (Å²) in [5, 5.41) is 0. The summed E-state index contributed by atoms with van der Waals surface area (Å²) in [6.45, 7) is 2.05. The number of methoxy groups -OCH3 is 1. The third-order valence-electron chi connectivity index (χ3n) is 2.47. The quantitative estimate of drug-likeness (QED) is 0.551. The fraction of sp³-hybridized carbons (Fsp3) is 1.00. The van der Waals surface area contributed by atoms with E-state index in [-0.39, 0.29) is 5.60 Å². The van der Waals surface area contributed by atoms with E-state index in [1.54, 1.807) is 7.11 Å². The molecule has 60 valence electrons. The van der Waals surface area contributed by atoms with Crippen molar-refractivity contribution in [1.29, 1.82) is 0 Å². The Balaban J connectivity index is 2.38. The molecule has 1 nitrogen and oxygen atoms in total. The summed E-state index contributed by atoms with van der Waals surface area (Å²) in [6.07, 6.45) is 2.49. The number of rotatable bonds is 1. The SMILES string of the molecule is COC1(C)CCC(F)CC1. The van der Waals surface area contributed by atoms with Gasteiger partial charge in [0.2, 0.25) is 0 Å². The first-order valence-corrected chi connectivity index (χ1v) is 3.85. The molecule has 2 heteroatoms. The summed E-state index contributed by atoms with van der Waals surface area (Å²) in [5.41, 5.74) is -0.0391. The van der Waals surface area contributed by atoms with Gasteiger partial charge in [-0.05, 0) is 32.6 Å². The fourth-order valence-electron chi connectivity index (χ4n) is 1.40. The number of hydrogen-bond donors (Lipinski definition) is 0. The van der Waals surface area contributed by atoms with Gasteiger partial charge in [0, 0.05) is 7.11 Å². The molecule has 0 saturated heterocycles. The standard InChI is InChI=1S/C8H15FO/c1-8(10-2)5-3-7(9)4-6-8/h7H,3-6H2,1-2H3. The second-order valence-electron chi connectivity index (χ2n) is 3.33. The van der Waals surface area contributed by atoms with E-state index in [9.17, 15) is 4.39 Å². The first-order valence-electron chi connectivity index (χ1n) is 3.85. The third-order valence-corrected chi connectivity index (χ3v) is 2.47. The van der Waals surface area contributed by atoms with Crippen LogP contribution in [0, 0.1) is 0 Å². The highest BCUT2D eigenvalue weighted by molar-refractivity contribution is 4.82. The molecule has 0 heterocycles. The minimum Gasteiger partial charge on any atom is -0.379 e. The molecule has 0 N–H and O–H groups in total. The largest absolute Gasteiger partial charge is 0.379 e. The second kappa shape index (κ2) is 2.87. The zero-order valence-electron chi connectivity index (χ0n) is 6.69. The van der Waals surface area contributed by atoms with Gasteiger partial charge in [0.15, 0.2) is 0 Å². The molecule has 1 saturated carbocycles. The summed E-state index contributed by atoms with van der Waals surface area (Å²) in [7, 11) is 1.71. The maximum Gasteiger partial charge on any atom is 0.100 e. The molecule has 0 aromatic rings. The predicted octanol–water partition coefficient (Wildman–Crippen LogP) is 2.30. The Labute approximate surface area is 61.6 Å². The second-order valence-corrected chi connectivity index (χ2v) is 3.33. The Morgan fingerprint density at radius 2 is 1.90 bits per heavy atom. The van der Waals surface area contributed by atoms with Crippen molar-refractivity contribution in [3.05, 3.63) is 0 Å². The lowest BCUT2D eigenvalue weighted by molar-refractivity contribution is -0.0376. The zero-order valence-corrected chi connectivity index (χ0v) is 6.69. The van der Waals surface area contributed by atoms with E-state index in [0.717, 1.165) is 12.8 Å². The molecule has 0 unspecified atom stereocenters. The average molecular weight is 146 g/mol. The number of halogens is 1. The molecule has 0 bridgehead atoms. The van der Waals surface area contributed by atoms with E-state index in [4.69, 9.17) is 4.74 Å². The number of hydrogen-bond acceptors (Lipinski definition) is 1. The first kappa shape index (κ1) is 7.99. The molecular weight excluding hydrogens is 131 g/mol. The molecule has 1 aliphatic carbocycles. The van der Waals surface area contributed by atoms with Gasteiger partial charge in [0.1, 0.15) is 6.17 Å². The lowest BCUT2D eigenvalue weighted by atomic mass is 9.85. The van der Waals surface area contributed by atoms with Crippen LogP contribution >= 0.6 is 0 Å². The zero-order chi connectivity index (χ0) is 7.61. The van der Waals surface area contributed by atoms with Crippen LogP contribution in [0.4, 0.5) is 4.39 Å². The van der Waals surface area contributed by atoms with E-state index in [1.165, 1.54) is 0 Å². The van der Waals surface area contributed by atoms with Gasteiger partial charge < -0.3 is 4.74 Å². The van der Waals surface area contributed by atoms with E-state index < -0.39 is 6.17 Å². The molecule has 10 heavy (non-hydrogen) atoms. The summed E-state index contributed by atoms with van der Waals surface area (Å²) < 4.78 is 17.9. The van der Waals surface area contributed by atoms with Crippen molar-refractivity contribution in [3.8, 4) is 0 Å². The Morgan fingerprint density at radius 3 is 2.30 bits per heavy atom. The normalized spacial score (nSPS) is 41.7. The minimum absolute atomic E-state index is 0.0391. The Hall–Kier alpha value is -0.110. The molecule has 1 aliphatic rings. The number of ether oxygens (including phenoxy) is 1. The van der Waals surface area contributed by atoms with Gasteiger partial charge in [-0.1, -0.05) is 0 Å². The highest BCUT2D eigenvalue weighted by atomic mass is 19.1. The molecule has 0 aliphatic heterocycles. The summed E-state index contributed by atoms with van der Waals surface area (Å²) >= 11 is 0. The van der Waals surface area contributed by atoms with Crippen molar-refractivity contribution >= 4 is 0 Å². The van der Waals surface area contributed by atoms with Gasteiger partial charge in [0.25, 0.3) is 0 Å². The Bertz CT molecular complexity index is 106. The molecule has 0 radical (unpaired) electrons. The molecule has 0 amide bonds. The molecule has 0 spiro atoms. The van der Waals surface area contributed by atoms with Crippen LogP contribution in [0.15, 0.2) is 0 Å². The van der Waals surface area contributed by atoms with Gasteiger partial charge in [-0.15, -0.1) is 0 Å². The minimum atomic E-state index is -0.580. The lowest BCUT2D eigenvalue weighted by Crippen LogP contribution is -2.33. The monoisotopic (exact) mass is 146 g/mol. The molecule has 1 rings (SSSR count). The van der Waals surface area contributed by atoms with Crippen LogP contribution in [0.2, 0.25) is 0 Å². The van der Waals surface area contributed by atoms with E-state index in [2.05, 4.69) is 6.92 Å². The highest BCUT2D eigenvalue weighted by Gasteiger charge is 2.30. The van der Waals surface area contributed by atoms with Crippen LogP contribution in [-0.4, -0.2) is 18.9 Å². The van der Waals surface area contributed by atoms with Gasteiger partial charge in [-0.2, -0.15) is 0 Å². The summed E-state index contributed by atoms with van der Waals surface area (Å²) in [6, 6.07) is 0. The highest BCUT2D eigenvalue weighted by Crippen LogP contribution is 2.31. The van der Waals surface area contributed by atoms with Gasteiger partial charge in [0.05, 0.1) is 5.60 Å². The molecular formula is C8H15FO. The summed E-state index contributed by atoms with van der Waals surface area (Å²) in [4.78, 5) is 0. The Kier molecular flexibility index (Phi) is 2.29. The third kappa shape index (κ3) is 1.69. The van der Waals surface area contributed by atoms with Gasteiger partial charge in [-0.3, -0.25) is 0 Å². The average Bonchev–Trinajstić information content (AvgIpc) is 1.96. The first-order chi connectivity index (χ1) is 4.66. The van der Waals surface area contributed by atoms with Gasteiger partial charge in [-0.25, -0.2) is 4.39 Å². The molecule has 0 atom stereocenters. The van der Waals surface area contributed by atoms with E-state index >= 15 is 0 Å². The van der Waals surface area contributed by atoms with Crippen molar-refractivity contribution in [3.63, 3.8) is 0 Å². The van der Waals surface area contributed by atoms with Crippen molar-refractivity contribution in [2.45, 2.75) is 44.4 Å². The van der Waals surface area contributed by atoms with Crippen LogP contribution in [0.5, 0.6) is 0 Å². The maximum absolute atomic E-state index is 12.6. The van der Waals surface area contributed by atoms with Crippen molar-refractivity contribution < 1.29 is 9.13 Å². The summed E-state index contributed by atoms with van der Waals surface area (Å²) in [5.74, 6) is 0. The van der Waals surface area contributed by atoms with Crippen LogP contribution < -0.4 is 0 Å². The number of alkyl halides is 1.